The van der Waals surface area contributed by atoms with Gasteiger partial charge in [-0.2, -0.15) is 0 Å². The molecule has 0 fully saturated rings. The van der Waals surface area contributed by atoms with Crippen LogP contribution in [0.4, 0.5) is 0 Å². The van der Waals surface area contributed by atoms with E-state index in [2.05, 4.69) is 0 Å². The summed E-state index contributed by atoms with van der Waals surface area (Å²) in [5.74, 6) is -0.629. The first-order valence-corrected chi connectivity index (χ1v) is 7.43. The normalized spacial score (nSPS) is 18.0. The number of phenolic OH excluding ortho intramolecular Hbond substituents is 1. The van der Waals surface area contributed by atoms with E-state index >= 15 is 0 Å². The van der Waals surface area contributed by atoms with Gasteiger partial charge in [0, 0.05) is 18.1 Å². The van der Waals surface area contributed by atoms with E-state index in [1.165, 1.54) is 0 Å². The fourth-order valence-electron chi connectivity index (χ4n) is 2.90. The molecule has 0 amide bonds. The number of nitrogens with zero attached hydrogens (tertiary/aromatic N) is 1. The summed E-state index contributed by atoms with van der Waals surface area (Å²) >= 11 is 6.00. The maximum absolute atomic E-state index is 11.6. The predicted molar refractivity (Wildman–Crippen MR) is 83.9 cm³/mol. The van der Waals surface area contributed by atoms with Gasteiger partial charge in [0.1, 0.15) is 11.8 Å². The van der Waals surface area contributed by atoms with E-state index in [0.717, 1.165) is 16.7 Å². The smallest absolute Gasteiger partial charge is 0.321 e. The molecule has 2 aromatic carbocycles. The first-order chi connectivity index (χ1) is 10.5. The lowest BCUT2D eigenvalue weighted by Crippen LogP contribution is -2.45. The molecular formula is C17H16ClNO3. The van der Waals surface area contributed by atoms with Crippen molar-refractivity contribution in [1.29, 1.82) is 0 Å². The van der Waals surface area contributed by atoms with Crippen LogP contribution < -0.4 is 0 Å². The number of carboxylic acids is 1. The molecule has 2 aromatic rings. The predicted octanol–water partition coefficient (Wildman–Crippen LogP) is 3.06. The summed E-state index contributed by atoms with van der Waals surface area (Å²) in [5.41, 5.74) is 2.93. The van der Waals surface area contributed by atoms with Gasteiger partial charge in [-0.05, 0) is 47.4 Å². The Balaban J connectivity index is 1.89. The highest BCUT2D eigenvalue weighted by atomic mass is 35.5. The van der Waals surface area contributed by atoms with Crippen molar-refractivity contribution < 1.29 is 15.0 Å². The number of hydrogen-bond donors (Lipinski definition) is 2. The van der Waals surface area contributed by atoms with E-state index in [0.29, 0.717) is 24.5 Å². The van der Waals surface area contributed by atoms with Gasteiger partial charge in [0.25, 0.3) is 0 Å². The lowest BCUT2D eigenvalue weighted by atomic mass is 9.93. The number of aliphatic carboxylic acids is 1. The highest BCUT2D eigenvalue weighted by Gasteiger charge is 2.31. The summed E-state index contributed by atoms with van der Waals surface area (Å²) in [6, 6.07) is 12.0. The molecule has 114 valence electrons. The summed E-state index contributed by atoms with van der Waals surface area (Å²) < 4.78 is 0. The standard InChI is InChI=1S/C17H16ClNO3/c18-14-3-1-2-11(6-14)9-19-10-13-7-15(20)5-4-12(13)8-16(19)17(21)22/h1-7,16,20H,8-10H2,(H,21,22)/t16-/m0/s1. The van der Waals surface area contributed by atoms with Gasteiger partial charge in [-0.3, -0.25) is 9.69 Å². The topological polar surface area (TPSA) is 60.8 Å². The Hall–Kier alpha value is -2.04. The number of carboxylic acid groups (broad SMARTS) is 1. The summed E-state index contributed by atoms with van der Waals surface area (Å²) in [4.78, 5) is 13.5. The largest absolute Gasteiger partial charge is 0.508 e. The Morgan fingerprint density at radius 2 is 2.05 bits per heavy atom. The van der Waals surface area contributed by atoms with Crippen molar-refractivity contribution in [2.75, 3.05) is 0 Å². The monoisotopic (exact) mass is 317 g/mol. The summed E-state index contributed by atoms with van der Waals surface area (Å²) in [7, 11) is 0. The molecule has 5 heteroatoms. The second kappa shape index (κ2) is 5.99. The summed E-state index contributed by atoms with van der Waals surface area (Å²) in [5, 5.41) is 19.8. The van der Waals surface area contributed by atoms with E-state index in [-0.39, 0.29) is 5.75 Å². The number of fused-ring (bicyclic) bond motifs is 1. The quantitative estimate of drug-likeness (QED) is 0.913. The zero-order valence-electron chi connectivity index (χ0n) is 11.9. The fraction of sp³-hybridized carbons (Fsp3) is 0.235. The Morgan fingerprint density at radius 1 is 1.23 bits per heavy atom. The minimum absolute atomic E-state index is 0.204. The lowest BCUT2D eigenvalue weighted by Gasteiger charge is -2.34. The molecule has 1 atom stereocenters. The number of halogens is 1. The molecule has 0 unspecified atom stereocenters. The van der Waals surface area contributed by atoms with Gasteiger partial charge < -0.3 is 10.2 Å². The third-order valence-electron chi connectivity index (χ3n) is 3.98. The van der Waals surface area contributed by atoms with Crippen LogP contribution in [0.5, 0.6) is 5.75 Å². The van der Waals surface area contributed by atoms with Gasteiger partial charge in [-0.15, -0.1) is 0 Å². The van der Waals surface area contributed by atoms with E-state index in [4.69, 9.17) is 11.6 Å². The Labute approximate surface area is 133 Å². The molecule has 3 rings (SSSR count). The fourth-order valence-corrected chi connectivity index (χ4v) is 3.12. The maximum atomic E-state index is 11.6. The first-order valence-electron chi connectivity index (χ1n) is 7.05. The molecule has 1 aliphatic heterocycles. The molecule has 0 aliphatic carbocycles. The van der Waals surface area contributed by atoms with Crippen LogP contribution in [0.25, 0.3) is 0 Å². The van der Waals surface area contributed by atoms with E-state index in [1.54, 1.807) is 24.3 Å². The van der Waals surface area contributed by atoms with Crippen LogP contribution in [-0.4, -0.2) is 27.1 Å². The van der Waals surface area contributed by atoms with Crippen LogP contribution in [0.2, 0.25) is 5.02 Å². The summed E-state index contributed by atoms with van der Waals surface area (Å²) in [6.07, 6.45) is 0.436. The minimum atomic E-state index is -0.833. The van der Waals surface area contributed by atoms with Crippen molar-refractivity contribution in [1.82, 2.24) is 4.90 Å². The molecule has 0 radical (unpaired) electrons. The molecule has 0 saturated carbocycles. The average molecular weight is 318 g/mol. The molecule has 1 heterocycles. The minimum Gasteiger partial charge on any atom is -0.508 e. The Bertz CT molecular complexity index is 717. The van der Waals surface area contributed by atoms with Gasteiger partial charge in [0.15, 0.2) is 0 Å². The molecular weight excluding hydrogens is 302 g/mol. The van der Waals surface area contributed by atoms with Gasteiger partial charge >= 0.3 is 5.97 Å². The molecule has 0 bridgehead atoms. The van der Waals surface area contributed by atoms with Crippen LogP contribution in [0.1, 0.15) is 16.7 Å². The van der Waals surface area contributed by atoms with E-state index in [9.17, 15) is 15.0 Å². The van der Waals surface area contributed by atoms with E-state index in [1.807, 2.05) is 23.1 Å². The average Bonchev–Trinajstić information content (AvgIpc) is 2.46. The van der Waals surface area contributed by atoms with Crippen LogP contribution in [0.3, 0.4) is 0 Å². The van der Waals surface area contributed by atoms with Crippen molar-refractivity contribution in [3.05, 3.63) is 64.2 Å². The SMILES string of the molecule is O=C(O)[C@@H]1Cc2ccc(O)cc2CN1Cc1cccc(Cl)c1. The molecule has 0 aromatic heterocycles. The second-order valence-electron chi connectivity index (χ2n) is 5.55. The number of hydrogen-bond acceptors (Lipinski definition) is 3. The second-order valence-corrected chi connectivity index (χ2v) is 5.98. The summed E-state index contributed by atoms with van der Waals surface area (Å²) in [6.45, 7) is 1.000. The number of rotatable bonds is 3. The molecule has 22 heavy (non-hydrogen) atoms. The number of aromatic hydroxyl groups is 1. The Kier molecular flexibility index (Phi) is 4.05. The number of carbonyl (C=O) groups is 1. The number of benzene rings is 2. The van der Waals surface area contributed by atoms with Crippen molar-refractivity contribution in [3.8, 4) is 5.75 Å². The molecule has 1 aliphatic rings. The van der Waals surface area contributed by atoms with E-state index < -0.39 is 12.0 Å². The van der Waals surface area contributed by atoms with Crippen LogP contribution in [0.15, 0.2) is 42.5 Å². The van der Waals surface area contributed by atoms with Gasteiger partial charge in [0.05, 0.1) is 0 Å². The van der Waals surface area contributed by atoms with Crippen LogP contribution >= 0.6 is 11.6 Å². The Morgan fingerprint density at radius 3 is 2.77 bits per heavy atom. The zero-order valence-corrected chi connectivity index (χ0v) is 12.6. The van der Waals surface area contributed by atoms with Crippen LogP contribution in [0, 0.1) is 0 Å². The van der Waals surface area contributed by atoms with Crippen LogP contribution in [-0.2, 0) is 24.3 Å². The lowest BCUT2D eigenvalue weighted by molar-refractivity contribution is -0.144. The third kappa shape index (κ3) is 3.08. The molecule has 0 spiro atoms. The molecule has 0 saturated heterocycles. The van der Waals surface area contributed by atoms with Crippen molar-refractivity contribution in [2.45, 2.75) is 25.6 Å². The van der Waals surface area contributed by atoms with Crippen molar-refractivity contribution in [2.24, 2.45) is 0 Å². The highest BCUT2D eigenvalue weighted by Crippen LogP contribution is 2.28. The van der Waals surface area contributed by atoms with Gasteiger partial charge in [-0.1, -0.05) is 29.8 Å². The van der Waals surface area contributed by atoms with Gasteiger partial charge in [-0.25, -0.2) is 0 Å². The first kappa shape index (κ1) is 14.9. The third-order valence-corrected chi connectivity index (χ3v) is 4.21. The zero-order chi connectivity index (χ0) is 15.7. The molecule has 2 N–H and O–H groups in total. The van der Waals surface area contributed by atoms with Crippen molar-refractivity contribution >= 4 is 17.6 Å². The maximum Gasteiger partial charge on any atom is 0.321 e. The van der Waals surface area contributed by atoms with Crippen molar-refractivity contribution in [3.63, 3.8) is 0 Å². The van der Waals surface area contributed by atoms with Gasteiger partial charge in [0.2, 0.25) is 0 Å². The number of phenols is 1. The molecule has 4 nitrogen and oxygen atoms in total. The highest BCUT2D eigenvalue weighted by molar-refractivity contribution is 6.30.